The smallest absolute Gasteiger partial charge is 0.416 e. The number of hydrogen-bond acceptors (Lipinski definition) is 4. The average molecular weight is 456 g/mol. The maximum atomic E-state index is 13.0. The summed E-state index contributed by atoms with van der Waals surface area (Å²) >= 11 is 3.28. The summed E-state index contributed by atoms with van der Waals surface area (Å²) in [7, 11) is 1.51. The van der Waals surface area contributed by atoms with Crippen molar-refractivity contribution in [2.45, 2.75) is 6.18 Å². The number of rotatable bonds is 3. The van der Waals surface area contributed by atoms with Gasteiger partial charge in [-0.2, -0.15) is 13.2 Å². The first-order valence-electron chi connectivity index (χ1n) is 7.81. The highest BCUT2D eigenvalue weighted by Gasteiger charge is 2.31. The number of non-ortho nitro benzene ring substituents is 1. The van der Waals surface area contributed by atoms with Gasteiger partial charge in [-0.25, -0.2) is 0 Å². The Bertz CT molecular complexity index is 1090. The van der Waals surface area contributed by atoms with Crippen molar-refractivity contribution >= 4 is 27.4 Å². The maximum Gasteiger partial charge on any atom is 0.416 e. The second kappa shape index (κ2) is 6.86. The molecule has 1 heterocycles. The van der Waals surface area contributed by atoms with Crippen molar-refractivity contribution in [1.29, 1.82) is 0 Å². The van der Waals surface area contributed by atoms with Crippen LogP contribution >= 0.6 is 15.9 Å². The number of hydrogen-bond donors (Lipinski definition) is 2. The van der Waals surface area contributed by atoms with Gasteiger partial charge in [0.1, 0.15) is 5.82 Å². The van der Waals surface area contributed by atoms with Crippen molar-refractivity contribution in [3.05, 3.63) is 62.6 Å². The van der Waals surface area contributed by atoms with Gasteiger partial charge in [-0.15, -0.1) is 0 Å². The van der Waals surface area contributed by atoms with Gasteiger partial charge < -0.3 is 15.4 Å². The monoisotopic (exact) mass is 455 g/mol. The number of aromatic hydroxyl groups is 1. The third kappa shape index (κ3) is 3.31. The van der Waals surface area contributed by atoms with Crippen molar-refractivity contribution in [2.75, 3.05) is 5.73 Å². The van der Waals surface area contributed by atoms with Crippen molar-refractivity contribution < 1.29 is 23.2 Å². The van der Waals surface area contributed by atoms with Crippen molar-refractivity contribution in [3.63, 3.8) is 0 Å². The van der Waals surface area contributed by atoms with Crippen LogP contribution < -0.4 is 5.73 Å². The number of nitrogens with two attached hydrogens (primary N) is 1. The lowest BCUT2D eigenvalue weighted by Crippen LogP contribution is -2.04. The van der Waals surface area contributed by atoms with Gasteiger partial charge in [0, 0.05) is 29.2 Å². The quantitative estimate of drug-likeness (QED) is 0.411. The van der Waals surface area contributed by atoms with Crippen molar-refractivity contribution in [2.24, 2.45) is 7.05 Å². The molecule has 3 rings (SSSR count). The summed E-state index contributed by atoms with van der Waals surface area (Å²) in [5, 5.41) is 21.9. The van der Waals surface area contributed by atoms with Crippen LogP contribution in [-0.4, -0.2) is 14.6 Å². The number of nitro benzene ring substituents is 1. The molecule has 3 N–H and O–H groups in total. The normalized spacial score (nSPS) is 11.6. The van der Waals surface area contributed by atoms with Crippen LogP contribution in [0.15, 0.2) is 46.9 Å². The first kappa shape index (κ1) is 19.7. The lowest BCUT2D eigenvalue weighted by Gasteiger charge is -2.09. The van der Waals surface area contributed by atoms with E-state index in [4.69, 9.17) is 5.73 Å². The van der Waals surface area contributed by atoms with E-state index in [1.165, 1.54) is 41.9 Å². The fraction of sp³-hybridized carbons (Fsp3) is 0.111. The summed E-state index contributed by atoms with van der Waals surface area (Å²) in [6.07, 6.45) is -4.55. The standard InChI is InChI=1S/C18H13BrF3N3O3/c1-24-15(12-8-11(25(27)28)5-6-13(12)19)16(26)14(17(24)23)9-3-2-4-10(7-9)18(20,21)22/h2-8,26H,23H2,1H3. The van der Waals surface area contributed by atoms with E-state index >= 15 is 0 Å². The van der Waals surface area contributed by atoms with Crippen molar-refractivity contribution in [1.82, 2.24) is 4.57 Å². The van der Waals surface area contributed by atoms with Gasteiger partial charge in [0.2, 0.25) is 0 Å². The van der Waals surface area contributed by atoms with Gasteiger partial charge >= 0.3 is 6.18 Å². The highest BCUT2D eigenvalue weighted by Crippen LogP contribution is 2.47. The third-order valence-corrected chi connectivity index (χ3v) is 5.00. The molecule has 2 aromatic carbocycles. The van der Waals surface area contributed by atoms with Gasteiger partial charge in [-0.1, -0.05) is 28.1 Å². The molecule has 0 atom stereocenters. The van der Waals surface area contributed by atoms with E-state index in [1.807, 2.05) is 0 Å². The molecule has 0 aliphatic carbocycles. The Labute approximate surface area is 165 Å². The zero-order valence-electron chi connectivity index (χ0n) is 14.3. The summed E-state index contributed by atoms with van der Waals surface area (Å²) in [6, 6.07) is 8.38. The topological polar surface area (TPSA) is 94.3 Å². The zero-order valence-corrected chi connectivity index (χ0v) is 15.9. The van der Waals surface area contributed by atoms with Gasteiger partial charge in [0.15, 0.2) is 5.75 Å². The van der Waals surface area contributed by atoms with Crippen LogP contribution in [-0.2, 0) is 13.2 Å². The lowest BCUT2D eigenvalue weighted by atomic mass is 10.0. The highest BCUT2D eigenvalue weighted by molar-refractivity contribution is 9.10. The van der Waals surface area contributed by atoms with Crippen LogP contribution in [0.4, 0.5) is 24.7 Å². The summed E-state index contributed by atoms with van der Waals surface area (Å²) in [6.45, 7) is 0. The number of halogens is 4. The predicted octanol–water partition coefficient (Wildman–Crippen LogP) is 5.34. The zero-order chi connectivity index (χ0) is 20.8. The molecule has 3 aromatic rings. The van der Waals surface area contributed by atoms with Crippen molar-refractivity contribution in [3.8, 4) is 28.1 Å². The molecule has 0 radical (unpaired) electrons. The summed E-state index contributed by atoms with van der Waals surface area (Å²) in [5.74, 6) is -0.356. The minimum absolute atomic E-state index is 0.0157. The van der Waals surface area contributed by atoms with E-state index in [0.717, 1.165) is 12.1 Å². The number of alkyl halides is 3. The predicted molar refractivity (Wildman–Crippen MR) is 102 cm³/mol. The first-order valence-corrected chi connectivity index (χ1v) is 8.60. The molecular formula is C18H13BrF3N3O3. The molecule has 0 spiro atoms. The number of anilines is 1. The largest absolute Gasteiger partial charge is 0.505 e. The molecule has 0 fully saturated rings. The Kier molecular flexibility index (Phi) is 4.84. The number of nitrogens with zero attached hydrogens (tertiary/aromatic N) is 2. The fourth-order valence-electron chi connectivity index (χ4n) is 2.94. The molecule has 0 aliphatic rings. The molecule has 0 bridgehead atoms. The SMILES string of the molecule is Cn1c(N)c(-c2cccc(C(F)(F)F)c2)c(O)c1-c1cc([N+](=O)[O-])ccc1Br. The van der Waals surface area contributed by atoms with Crippen LogP contribution in [0.2, 0.25) is 0 Å². The molecule has 0 amide bonds. The van der Waals surface area contributed by atoms with E-state index in [2.05, 4.69) is 15.9 Å². The van der Waals surface area contributed by atoms with Crippen LogP contribution in [0.5, 0.6) is 5.75 Å². The average Bonchev–Trinajstić information content (AvgIpc) is 2.84. The Morgan fingerprint density at radius 3 is 2.50 bits per heavy atom. The first-order chi connectivity index (χ1) is 13.0. The molecule has 6 nitrogen and oxygen atoms in total. The number of aromatic nitrogens is 1. The van der Waals surface area contributed by atoms with Crippen LogP contribution in [0, 0.1) is 10.1 Å². The maximum absolute atomic E-state index is 13.0. The molecule has 0 saturated carbocycles. The number of nitro groups is 1. The van der Waals surface area contributed by atoms with E-state index in [-0.39, 0.29) is 39.6 Å². The number of nitrogen functional groups attached to an aromatic ring is 1. The van der Waals surface area contributed by atoms with Gasteiger partial charge in [-0.3, -0.25) is 10.1 Å². The Morgan fingerprint density at radius 1 is 1.21 bits per heavy atom. The molecule has 0 aliphatic heterocycles. The second-order valence-corrected chi connectivity index (χ2v) is 6.87. The Hall–Kier alpha value is -3.01. The van der Waals surface area contributed by atoms with Crippen LogP contribution in [0.25, 0.3) is 22.4 Å². The molecular weight excluding hydrogens is 443 g/mol. The molecule has 0 saturated heterocycles. The lowest BCUT2D eigenvalue weighted by molar-refractivity contribution is -0.384. The molecule has 1 aromatic heterocycles. The fourth-order valence-corrected chi connectivity index (χ4v) is 3.37. The second-order valence-electron chi connectivity index (χ2n) is 6.02. The van der Waals surface area contributed by atoms with E-state index in [0.29, 0.717) is 4.47 Å². The Balaban J connectivity index is 2.25. The highest BCUT2D eigenvalue weighted by atomic mass is 79.9. The summed E-state index contributed by atoms with van der Waals surface area (Å²) < 4.78 is 40.9. The van der Waals surface area contributed by atoms with Crippen LogP contribution in [0.1, 0.15) is 5.56 Å². The van der Waals surface area contributed by atoms with Gasteiger partial charge in [0.05, 0.1) is 21.7 Å². The molecule has 28 heavy (non-hydrogen) atoms. The van der Waals surface area contributed by atoms with Crippen LogP contribution in [0.3, 0.4) is 0 Å². The number of benzene rings is 2. The van der Waals surface area contributed by atoms with Gasteiger partial charge in [-0.05, 0) is 23.8 Å². The minimum atomic E-state index is -4.55. The van der Waals surface area contributed by atoms with E-state index in [1.54, 1.807) is 0 Å². The summed E-state index contributed by atoms with van der Waals surface area (Å²) in [5.41, 5.74) is 5.47. The van der Waals surface area contributed by atoms with E-state index in [9.17, 15) is 28.4 Å². The third-order valence-electron chi connectivity index (χ3n) is 4.31. The molecule has 146 valence electrons. The van der Waals surface area contributed by atoms with Gasteiger partial charge in [0.25, 0.3) is 5.69 Å². The molecule has 0 unspecified atom stereocenters. The Morgan fingerprint density at radius 2 is 1.89 bits per heavy atom. The van der Waals surface area contributed by atoms with E-state index < -0.39 is 16.7 Å². The minimum Gasteiger partial charge on any atom is -0.505 e. The summed E-state index contributed by atoms with van der Waals surface area (Å²) in [4.78, 5) is 10.5. The molecule has 10 heteroatoms.